The smallest absolute Gasteiger partial charge is 0.321 e. The van der Waals surface area contributed by atoms with E-state index in [0.717, 1.165) is 12.1 Å². The molecule has 2 aliphatic rings. The number of rotatable bonds is 4. The highest BCUT2D eigenvalue weighted by Crippen LogP contribution is 2.31. The van der Waals surface area contributed by atoms with Gasteiger partial charge >= 0.3 is 6.03 Å². The second kappa shape index (κ2) is 8.51. The zero-order chi connectivity index (χ0) is 17.0. The summed E-state index contributed by atoms with van der Waals surface area (Å²) in [6.07, 6.45) is 2.16. The van der Waals surface area contributed by atoms with Crippen molar-refractivity contribution < 1.29 is 14.3 Å². The van der Waals surface area contributed by atoms with Gasteiger partial charge in [0.25, 0.3) is 0 Å². The van der Waals surface area contributed by atoms with Gasteiger partial charge in [0, 0.05) is 44.2 Å². The molecule has 3 rings (SSSR count). The normalized spacial score (nSPS) is 19.6. The number of ether oxygens (including phenoxy) is 1. The van der Waals surface area contributed by atoms with E-state index < -0.39 is 5.41 Å². The first kappa shape index (κ1) is 19.5. The van der Waals surface area contributed by atoms with Crippen LogP contribution in [0.25, 0.3) is 0 Å². The van der Waals surface area contributed by atoms with Crippen molar-refractivity contribution in [3.05, 3.63) is 24.3 Å². The Balaban J connectivity index is 0.00000225. The zero-order valence-corrected chi connectivity index (χ0v) is 14.9. The second-order valence-electron chi connectivity index (χ2n) is 6.34. The molecule has 138 valence electrons. The summed E-state index contributed by atoms with van der Waals surface area (Å²) in [6, 6.07) is 7.26. The topological polar surface area (TPSA) is 96.7 Å². The summed E-state index contributed by atoms with van der Waals surface area (Å²) in [5.74, 6) is -0.0754. The number of carbonyl (C=O) groups is 2. The zero-order valence-electron chi connectivity index (χ0n) is 14.1. The number of nitrogens with zero attached hydrogens (tertiary/aromatic N) is 1. The number of hydrogen-bond acceptors (Lipinski definition) is 4. The molecule has 7 nitrogen and oxygen atoms in total. The van der Waals surface area contributed by atoms with Crippen molar-refractivity contribution in [2.24, 2.45) is 11.1 Å². The third kappa shape index (κ3) is 4.23. The molecule has 1 aromatic carbocycles. The van der Waals surface area contributed by atoms with Crippen LogP contribution < -0.4 is 21.3 Å². The standard InChI is InChI=1S/C17H24N4O3.ClH/c18-12-17(5-9-24-10-6-17)15(22)20-13-3-1-4-14(11-13)21-8-2-7-19-16(21)23;/h1,3-4,11H,2,5-10,12,18H2,(H,19,23)(H,20,22);1H. The minimum atomic E-state index is -0.573. The van der Waals surface area contributed by atoms with Gasteiger partial charge in [-0.2, -0.15) is 0 Å². The maximum Gasteiger partial charge on any atom is 0.321 e. The maximum absolute atomic E-state index is 12.7. The molecular weight excluding hydrogens is 344 g/mol. The van der Waals surface area contributed by atoms with Gasteiger partial charge in [0.05, 0.1) is 5.41 Å². The van der Waals surface area contributed by atoms with Crippen LogP contribution in [-0.2, 0) is 9.53 Å². The van der Waals surface area contributed by atoms with Crippen molar-refractivity contribution in [1.82, 2.24) is 5.32 Å². The van der Waals surface area contributed by atoms with Gasteiger partial charge < -0.3 is 21.1 Å². The third-order valence-corrected chi connectivity index (χ3v) is 4.82. The number of hydrogen-bond donors (Lipinski definition) is 3. The number of benzene rings is 1. The number of halogens is 1. The minimum Gasteiger partial charge on any atom is -0.381 e. The summed E-state index contributed by atoms with van der Waals surface area (Å²) in [6.45, 7) is 2.79. The maximum atomic E-state index is 12.7. The third-order valence-electron chi connectivity index (χ3n) is 4.82. The molecule has 0 aliphatic carbocycles. The molecule has 4 N–H and O–H groups in total. The minimum absolute atomic E-state index is 0. The highest BCUT2D eigenvalue weighted by Gasteiger charge is 2.38. The number of nitrogens with one attached hydrogen (secondary N) is 2. The Bertz CT molecular complexity index is 620. The predicted octanol–water partition coefficient (Wildman–Crippen LogP) is 1.72. The summed E-state index contributed by atoms with van der Waals surface area (Å²) >= 11 is 0. The summed E-state index contributed by atoms with van der Waals surface area (Å²) in [7, 11) is 0. The number of nitrogens with two attached hydrogens (primary N) is 1. The first-order chi connectivity index (χ1) is 11.6. The van der Waals surface area contributed by atoms with Crippen LogP contribution in [0, 0.1) is 5.41 Å². The highest BCUT2D eigenvalue weighted by molar-refractivity contribution is 5.97. The lowest BCUT2D eigenvalue weighted by Gasteiger charge is -2.34. The van der Waals surface area contributed by atoms with Gasteiger partial charge in [0.2, 0.25) is 5.91 Å². The van der Waals surface area contributed by atoms with E-state index in [0.29, 0.717) is 51.4 Å². The van der Waals surface area contributed by atoms with E-state index in [2.05, 4.69) is 10.6 Å². The lowest BCUT2D eigenvalue weighted by atomic mass is 9.79. The first-order valence-electron chi connectivity index (χ1n) is 8.39. The molecule has 8 heteroatoms. The van der Waals surface area contributed by atoms with Crippen LogP contribution in [0.4, 0.5) is 16.2 Å². The summed E-state index contributed by atoms with van der Waals surface area (Å²) < 4.78 is 5.35. The van der Waals surface area contributed by atoms with E-state index in [9.17, 15) is 9.59 Å². The molecule has 0 aromatic heterocycles. The van der Waals surface area contributed by atoms with Gasteiger partial charge in [-0.15, -0.1) is 12.4 Å². The van der Waals surface area contributed by atoms with Crippen LogP contribution in [-0.4, -0.2) is 44.8 Å². The van der Waals surface area contributed by atoms with Crippen molar-refractivity contribution in [3.8, 4) is 0 Å². The van der Waals surface area contributed by atoms with Gasteiger partial charge in [-0.05, 0) is 37.5 Å². The van der Waals surface area contributed by atoms with E-state index in [-0.39, 0.29) is 24.3 Å². The Kier molecular flexibility index (Phi) is 6.64. The Morgan fingerprint density at radius 3 is 2.80 bits per heavy atom. The lowest BCUT2D eigenvalue weighted by molar-refractivity contribution is -0.130. The summed E-state index contributed by atoms with van der Waals surface area (Å²) in [5, 5.41) is 5.79. The van der Waals surface area contributed by atoms with Crippen LogP contribution in [0.1, 0.15) is 19.3 Å². The fourth-order valence-corrected chi connectivity index (χ4v) is 3.18. The van der Waals surface area contributed by atoms with Gasteiger partial charge in [0.15, 0.2) is 0 Å². The van der Waals surface area contributed by atoms with Crippen molar-refractivity contribution in [2.45, 2.75) is 19.3 Å². The molecule has 0 radical (unpaired) electrons. The average Bonchev–Trinajstić information content (AvgIpc) is 2.63. The van der Waals surface area contributed by atoms with E-state index in [1.165, 1.54) is 0 Å². The fourth-order valence-electron chi connectivity index (χ4n) is 3.18. The molecule has 3 amide bonds. The second-order valence-corrected chi connectivity index (χ2v) is 6.34. The lowest BCUT2D eigenvalue weighted by Crippen LogP contribution is -2.47. The van der Waals surface area contributed by atoms with Crippen molar-refractivity contribution >= 4 is 35.7 Å². The molecule has 2 fully saturated rings. The molecule has 0 spiro atoms. The van der Waals surface area contributed by atoms with Crippen LogP contribution in [0.15, 0.2) is 24.3 Å². The molecule has 2 saturated heterocycles. The van der Waals surface area contributed by atoms with Crippen molar-refractivity contribution in [3.63, 3.8) is 0 Å². The molecular formula is C17H25ClN4O3. The molecule has 2 heterocycles. The number of carbonyl (C=O) groups excluding carboxylic acids is 2. The van der Waals surface area contributed by atoms with E-state index in [1.807, 2.05) is 24.3 Å². The summed E-state index contributed by atoms with van der Waals surface area (Å²) in [5.41, 5.74) is 6.76. The monoisotopic (exact) mass is 368 g/mol. The SMILES string of the molecule is Cl.NCC1(C(=O)Nc2cccc(N3CCCNC3=O)c2)CCOCC1. The largest absolute Gasteiger partial charge is 0.381 e. The van der Waals surface area contributed by atoms with Crippen LogP contribution in [0.2, 0.25) is 0 Å². The average molecular weight is 369 g/mol. The van der Waals surface area contributed by atoms with Gasteiger partial charge in [-0.25, -0.2) is 4.79 Å². The van der Waals surface area contributed by atoms with Crippen molar-refractivity contribution in [1.29, 1.82) is 0 Å². The fraction of sp³-hybridized carbons (Fsp3) is 0.529. The predicted molar refractivity (Wildman–Crippen MR) is 99.2 cm³/mol. The van der Waals surface area contributed by atoms with E-state index in [1.54, 1.807) is 4.90 Å². The van der Waals surface area contributed by atoms with Crippen LogP contribution in [0.3, 0.4) is 0 Å². The summed E-state index contributed by atoms with van der Waals surface area (Å²) in [4.78, 5) is 26.4. The number of amides is 3. The molecule has 0 unspecified atom stereocenters. The molecule has 0 atom stereocenters. The van der Waals surface area contributed by atoms with Gasteiger partial charge in [-0.3, -0.25) is 9.69 Å². The quantitative estimate of drug-likeness (QED) is 0.753. The number of anilines is 2. The Hall–Kier alpha value is -1.83. The van der Waals surface area contributed by atoms with Crippen molar-refractivity contribution in [2.75, 3.05) is 43.1 Å². The Labute approximate surface area is 153 Å². The molecule has 1 aromatic rings. The van der Waals surface area contributed by atoms with Gasteiger partial charge in [0.1, 0.15) is 0 Å². The number of urea groups is 1. The Morgan fingerprint density at radius 1 is 1.36 bits per heavy atom. The first-order valence-corrected chi connectivity index (χ1v) is 8.39. The Morgan fingerprint density at radius 2 is 2.12 bits per heavy atom. The van der Waals surface area contributed by atoms with E-state index >= 15 is 0 Å². The van der Waals surface area contributed by atoms with Gasteiger partial charge in [-0.1, -0.05) is 6.07 Å². The van der Waals surface area contributed by atoms with E-state index in [4.69, 9.17) is 10.5 Å². The molecule has 25 heavy (non-hydrogen) atoms. The highest BCUT2D eigenvalue weighted by atomic mass is 35.5. The molecule has 0 saturated carbocycles. The molecule has 2 aliphatic heterocycles. The molecule has 0 bridgehead atoms. The van der Waals surface area contributed by atoms with Crippen LogP contribution >= 0.6 is 12.4 Å². The van der Waals surface area contributed by atoms with Crippen LogP contribution in [0.5, 0.6) is 0 Å².